The fraction of sp³-hybridized carbons (Fsp3) is 0.250. The van der Waals surface area contributed by atoms with E-state index in [1.807, 2.05) is 0 Å². The van der Waals surface area contributed by atoms with Gasteiger partial charge >= 0.3 is 12.1 Å². The number of nitrogens with zero attached hydrogens (tertiary/aromatic N) is 1. The molecule has 94 valence electrons. The molecule has 4 nitrogen and oxygen atoms in total. The van der Waals surface area contributed by atoms with Crippen molar-refractivity contribution < 1.29 is 37.0 Å². The van der Waals surface area contributed by atoms with Crippen LogP contribution in [0.5, 0.6) is 5.75 Å². The molecule has 0 spiro atoms. The summed E-state index contributed by atoms with van der Waals surface area (Å²) in [7, 11) is 0. The monoisotopic (exact) mass is 257 g/mol. The molecule has 0 bridgehead atoms. The Morgan fingerprint density at radius 3 is 2.24 bits per heavy atom. The number of hydrogen-bond acceptors (Lipinski definition) is 3. The summed E-state index contributed by atoms with van der Waals surface area (Å²) in [4.78, 5) is 13.0. The van der Waals surface area contributed by atoms with Crippen LogP contribution in [-0.2, 0) is 6.18 Å². The number of rotatable bonds is 2. The third-order valence-corrected chi connectivity index (χ3v) is 1.75. The number of aromatic nitrogens is 1. The van der Waals surface area contributed by atoms with Gasteiger partial charge in [-0.2, -0.15) is 13.2 Å². The van der Waals surface area contributed by atoms with E-state index >= 15 is 0 Å². The first-order valence-electron chi connectivity index (χ1n) is 3.97. The molecule has 17 heavy (non-hydrogen) atoms. The van der Waals surface area contributed by atoms with E-state index in [1.165, 1.54) is 0 Å². The quantitative estimate of drug-likeness (QED) is 0.798. The Hall–Kier alpha value is -1.93. The predicted molar refractivity (Wildman–Crippen MR) is 42.8 cm³/mol. The number of carbonyl (C=O) groups is 1. The average Bonchev–Trinajstić information content (AvgIpc) is 2.14. The topological polar surface area (TPSA) is 70.4 Å². The third-order valence-electron chi connectivity index (χ3n) is 1.75. The summed E-state index contributed by atoms with van der Waals surface area (Å²) >= 11 is 0. The fourth-order valence-electron chi connectivity index (χ4n) is 1.02. The first-order chi connectivity index (χ1) is 7.64. The van der Waals surface area contributed by atoms with Gasteiger partial charge in [0.1, 0.15) is 17.0 Å². The van der Waals surface area contributed by atoms with Gasteiger partial charge < -0.3 is 10.2 Å². The molecule has 0 saturated heterocycles. The summed E-state index contributed by atoms with van der Waals surface area (Å²) in [5, 5.41) is 17.5. The van der Waals surface area contributed by atoms with Gasteiger partial charge in [0.15, 0.2) is 5.75 Å². The first-order valence-corrected chi connectivity index (χ1v) is 3.97. The molecule has 2 N–H and O–H groups in total. The highest BCUT2D eigenvalue weighted by Gasteiger charge is 2.36. The molecule has 0 fully saturated rings. The first kappa shape index (κ1) is 13.1. The molecule has 0 aliphatic heterocycles. The van der Waals surface area contributed by atoms with Gasteiger partial charge in [0.05, 0.1) is 0 Å². The lowest BCUT2D eigenvalue weighted by molar-refractivity contribution is -0.141. The number of alkyl halides is 5. The van der Waals surface area contributed by atoms with Crippen LogP contribution in [-0.4, -0.2) is 21.2 Å². The zero-order valence-electron chi connectivity index (χ0n) is 7.79. The van der Waals surface area contributed by atoms with E-state index in [0.29, 0.717) is 0 Å². The SMILES string of the molecule is O=C(O)c1cc(C(F)(F)F)nc(C(F)F)c1O. The smallest absolute Gasteiger partial charge is 0.433 e. The van der Waals surface area contributed by atoms with Gasteiger partial charge in [0, 0.05) is 0 Å². The molecule has 0 atom stereocenters. The molecule has 0 saturated carbocycles. The lowest BCUT2D eigenvalue weighted by Crippen LogP contribution is -2.13. The molecular weight excluding hydrogens is 253 g/mol. The Bertz CT molecular complexity index is 457. The van der Waals surface area contributed by atoms with E-state index in [4.69, 9.17) is 10.2 Å². The maximum atomic E-state index is 12.3. The highest BCUT2D eigenvalue weighted by molar-refractivity contribution is 5.91. The van der Waals surface area contributed by atoms with E-state index in [9.17, 15) is 26.7 Å². The largest absolute Gasteiger partial charge is 0.505 e. The van der Waals surface area contributed by atoms with Gasteiger partial charge in [-0.05, 0) is 6.07 Å². The van der Waals surface area contributed by atoms with Crippen LogP contribution in [0.4, 0.5) is 22.0 Å². The molecule has 0 radical (unpaired) electrons. The molecule has 1 rings (SSSR count). The van der Waals surface area contributed by atoms with Crippen LogP contribution in [0.1, 0.15) is 28.2 Å². The van der Waals surface area contributed by atoms with Crippen molar-refractivity contribution in [2.75, 3.05) is 0 Å². The van der Waals surface area contributed by atoms with Crippen LogP contribution in [0.3, 0.4) is 0 Å². The Labute approximate surface area is 90.3 Å². The molecule has 0 unspecified atom stereocenters. The Balaban J connectivity index is 3.53. The van der Waals surface area contributed by atoms with Crippen LogP contribution in [0.2, 0.25) is 0 Å². The minimum atomic E-state index is -5.08. The van der Waals surface area contributed by atoms with Gasteiger partial charge in [-0.15, -0.1) is 0 Å². The number of halogens is 5. The fourth-order valence-corrected chi connectivity index (χ4v) is 1.02. The van der Waals surface area contributed by atoms with Gasteiger partial charge in [0.25, 0.3) is 6.43 Å². The number of pyridine rings is 1. The Morgan fingerprint density at radius 1 is 1.35 bits per heavy atom. The molecule has 1 heterocycles. The minimum Gasteiger partial charge on any atom is -0.505 e. The number of carboxylic acids is 1. The van der Waals surface area contributed by atoms with E-state index < -0.39 is 41.3 Å². The van der Waals surface area contributed by atoms with Crippen molar-refractivity contribution in [3.05, 3.63) is 23.0 Å². The third kappa shape index (κ3) is 2.60. The van der Waals surface area contributed by atoms with Crippen molar-refractivity contribution in [1.82, 2.24) is 4.98 Å². The summed E-state index contributed by atoms with van der Waals surface area (Å²) < 4.78 is 61.2. The van der Waals surface area contributed by atoms with Crippen molar-refractivity contribution in [1.29, 1.82) is 0 Å². The number of aromatic hydroxyl groups is 1. The van der Waals surface area contributed by atoms with Crippen molar-refractivity contribution in [3.63, 3.8) is 0 Å². The van der Waals surface area contributed by atoms with E-state index in [1.54, 1.807) is 0 Å². The Morgan fingerprint density at radius 2 is 1.88 bits per heavy atom. The molecule has 0 aliphatic rings. The highest BCUT2D eigenvalue weighted by Crippen LogP contribution is 2.35. The molecule has 1 aromatic rings. The van der Waals surface area contributed by atoms with Gasteiger partial charge in [-0.25, -0.2) is 18.6 Å². The maximum absolute atomic E-state index is 12.3. The zero-order chi connectivity index (χ0) is 13.4. The van der Waals surface area contributed by atoms with Crippen molar-refractivity contribution in [3.8, 4) is 5.75 Å². The predicted octanol–water partition coefficient (Wildman–Crippen LogP) is 2.44. The summed E-state index contributed by atoms with van der Waals surface area (Å²) in [5.74, 6) is -3.43. The van der Waals surface area contributed by atoms with Crippen molar-refractivity contribution in [2.45, 2.75) is 12.6 Å². The van der Waals surface area contributed by atoms with Gasteiger partial charge in [0.2, 0.25) is 0 Å². The van der Waals surface area contributed by atoms with Crippen LogP contribution >= 0.6 is 0 Å². The lowest BCUT2D eigenvalue weighted by atomic mass is 10.1. The molecule has 0 aromatic carbocycles. The highest BCUT2D eigenvalue weighted by atomic mass is 19.4. The molecule has 0 aliphatic carbocycles. The minimum absolute atomic E-state index is 0.0104. The van der Waals surface area contributed by atoms with E-state index in [2.05, 4.69) is 4.98 Å². The summed E-state index contributed by atoms with van der Waals surface area (Å²) in [5.41, 5.74) is -4.69. The van der Waals surface area contributed by atoms with Gasteiger partial charge in [-0.1, -0.05) is 0 Å². The normalized spacial score (nSPS) is 11.9. The standard InChI is InChI=1S/C8H4F5NO3/c9-6(10)4-5(15)2(7(16)17)1-3(14-4)8(11,12)13/h1,6,15H,(H,16,17). The average molecular weight is 257 g/mol. The number of carboxylic acid groups (broad SMARTS) is 1. The second-order valence-electron chi connectivity index (χ2n) is 2.89. The zero-order valence-corrected chi connectivity index (χ0v) is 7.79. The Kier molecular flexibility index (Phi) is 3.21. The maximum Gasteiger partial charge on any atom is 0.433 e. The van der Waals surface area contributed by atoms with E-state index in [-0.39, 0.29) is 6.07 Å². The second kappa shape index (κ2) is 4.15. The van der Waals surface area contributed by atoms with Gasteiger partial charge in [-0.3, -0.25) is 0 Å². The van der Waals surface area contributed by atoms with Crippen molar-refractivity contribution in [2.24, 2.45) is 0 Å². The van der Waals surface area contributed by atoms with E-state index in [0.717, 1.165) is 0 Å². The molecule has 1 aromatic heterocycles. The summed E-state index contributed by atoms with van der Waals surface area (Å²) in [6, 6.07) is -0.0104. The van der Waals surface area contributed by atoms with Crippen LogP contribution in [0, 0.1) is 0 Å². The number of hydrogen-bond donors (Lipinski definition) is 2. The lowest BCUT2D eigenvalue weighted by Gasteiger charge is -2.11. The molecule has 0 amide bonds. The van der Waals surface area contributed by atoms with Crippen LogP contribution in [0.25, 0.3) is 0 Å². The second-order valence-corrected chi connectivity index (χ2v) is 2.89. The van der Waals surface area contributed by atoms with Crippen LogP contribution < -0.4 is 0 Å². The molecular formula is C8H4F5NO3. The van der Waals surface area contributed by atoms with Crippen LogP contribution in [0.15, 0.2) is 6.07 Å². The summed E-state index contributed by atoms with van der Waals surface area (Å²) in [6.45, 7) is 0. The summed E-state index contributed by atoms with van der Waals surface area (Å²) in [6.07, 6.45) is -8.60. The number of aromatic carboxylic acids is 1. The molecule has 9 heteroatoms. The van der Waals surface area contributed by atoms with Crippen molar-refractivity contribution >= 4 is 5.97 Å².